The van der Waals surface area contributed by atoms with Gasteiger partial charge in [0.15, 0.2) is 0 Å². The Morgan fingerprint density at radius 3 is 2.38 bits per heavy atom. The highest BCUT2D eigenvalue weighted by atomic mass is 14.7. The molecular formula is C6H11N2+. The van der Waals surface area contributed by atoms with Crippen molar-refractivity contribution in [3.63, 3.8) is 0 Å². The third kappa shape index (κ3) is 0.898. The van der Waals surface area contributed by atoms with Crippen molar-refractivity contribution in [1.29, 1.82) is 0 Å². The maximum atomic E-state index is 5.51. The van der Waals surface area contributed by atoms with E-state index in [1.807, 2.05) is 6.08 Å². The normalized spacial score (nSPS) is 19.6. The molecule has 0 atom stereocenters. The van der Waals surface area contributed by atoms with E-state index in [1.54, 1.807) is 0 Å². The molecule has 8 heavy (non-hydrogen) atoms. The van der Waals surface area contributed by atoms with Crippen molar-refractivity contribution in [1.82, 2.24) is 0 Å². The molecule has 0 unspecified atom stereocenters. The molecular weight excluding hydrogens is 100 g/mol. The van der Waals surface area contributed by atoms with Crippen LogP contribution in [-0.2, 0) is 0 Å². The summed E-state index contributed by atoms with van der Waals surface area (Å²) in [6.45, 7) is 0. The van der Waals surface area contributed by atoms with Crippen LogP contribution in [-0.4, -0.2) is 0 Å². The first-order valence-corrected chi connectivity index (χ1v) is 2.79. The zero-order chi connectivity index (χ0) is 5.98. The maximum Gasteiger partial charge on any atom is 0.146 e. The van der Waals surface area contributed by atoms with Crippen LogP contribution in [0.3, 0.4) is 0 Å². The molecule has 0 aliphatic heterocycles. The van der Waals surface area contributed by atoms with Crippen LogP contribution < -0.4 is 11.5 Å². The van der Waals surface area contributed by atoms with Gasteiger partial charge in [0.25, 0.3) is 0 Å². The average molecular weight is 111 g/mol. The topological polar surface area (TPSA) is 53.7 Å². The Morgan fingerprint density at radius 2 is 2.00 bits per heavy atom. The summed E-state index contributed by atoms with van der Waals surface area (Å²) in [6.07, 6.45) is 6.25. The molecule has 0 fully saturated rings. The summed E-state index contributed by atoms with van der Waals surface area (Å²) in [6, 6.07) is 0. The van der Waals surface area contributed by atoms with Gasteiger partial charge in [0, 0.05) is 0 Å². The van der Waals surface area contributed by atoms with E-state index in [0.29, 0.717) is 0 Å². The molecule has 0 heterocycles. The summed E-state index contributed by atoms with van der Waals surface area (Å²) in [5, 5.41) is 0. The second-order valence-corrected chi connectivity index (χ2v) is 1.97. The number of hydrogen-bond donors (Lipinski definition) is 2. The van der Waals surface area contributed by atoms with Gasteiger partial charge in [0.05, 0.1) is 5.70 Å². The predicted octanol–water partition coefficient (Wildman–Crippen LogP) is -0.251. The standard InChI is InChI=1S/C6H10N2/c7-5-3-1-2-4-6(5)8/h3-4H,1-2,7-8H2/p+1. The van der Waals surface area contributed by atoms with Crippen molar-refractivity contribution in [2.45, 2.75) is 12.8 Å². The summed E-state index contributed by atoms with van der Waals surface area (Å²) >= 11 is 0. The second kappa shape index (κ2) is 2.01. The summed E-state index contributed by atoms with van der Waals surface area (Å²) in [4.78, 5) is 0. The number of hydrogen-bond acceptors (Lipinski definition) is 1. The lowest BCUT2D eigenvalue weighted by atomic mass is 10.1. The molecule has 0 saturated carbocycles. The lowest BCUT2D eigenvalue weighted by Gasteiger charge is -2.01. The minimum atomic E-state index is 0.844. The number of allylic oxidation sites excluding steroid dienone is 2. The first kappa shape index (κ1) is 5.38. The van der Waals surface area contributed by atoms with Gasteiger partial charge in [-0.2, -0.15) is 0 Å². The van der Waals surface area contributed by atoms with Crippen LogP contribution >= 0.6 is 0 Å². The summed E-state index contributed by atoms with van der Waals surface area (Å²) in [5.74, 6) is 0. The van der Waals surface area contributed by atoms with E-state index in [2.05, 4.69) is 11.8 Å². The fourth-order valence-electron chi connectivity index (χ4n) is 0.745. The second-order valence-electron chi connectivity index (χ2n) is 1.97. The molecule has 0 spiro atoms. The van der Waals surface area contributed by atoms with Gasteiger partial charge in [-0.15, -0.1) is 0 Å². The minimum Gasteiger partial charge on any atom is -0.394 e. The Labute approximate surface area is 48.9 Å². The van der Waals surface area contributed by atoms with Gasteiger partial charge in [-0.3, -0.25) is 0 Å². The van der Waals surface area contributed by atoms with Gasteiger partial charge in [0.2, 0.25) is 0 Å². The van der Waals surface area contributed by atoms with Crippen LogP contribution in [0.15, 0.2) is 23.5 Å². The van der Waals surface area contributed by atoms with Crippen molar-refractivity contribution in [2.75, 3.05) is 0 Å². The molecule has 1 aliphatic rings. The molecule has 0 aromatic carbocycles. The summed E-state index contributed by atoms with van der Waals surface area (Å²) in [5.41, 5.74) is 11.1. The van der Waals surface area contributed by atoms with Gasteiger partial charge < -0.3 is 11.5 Å². The first-order chi connectivity index (χ1) is 3.80. The number of nitrogens with two attached hydrogens (primary N) is 1. The van der Waals surface area contributed by atoms with Crippen LogP contribution in [0.5, 0.6) is 0 Å². The van der Waals surface area contributed by atoms with E-state index < -0.39 is 0 Å². The zero-order valence-electron chi connectivity index (χ0n) is 4.85. The molecule has 44 valence electrons. The molecule has 0 radical (unpaired) electrons. The Morgan fingerprint density at radius 1 is 1.38 bits per heavy atom. The van der Waals surface area contributed by atoms with E-state index >= 15 is 0 Å². The Bertz CT molecular complexity index is 127. The van der Waals surface area contributed by atoms with E-state index in [0.717, 1.165) is 24.2 Å². The average Bonchev–Trinajstić information content (AvgIpc) is 1.77. The summed E-state index contributed by atoms with van der Waals surface area (Å²) < 4.78 is 0. The highest BCUT2D eigenvalue weighted by Gasteiger charge is 2.01. The summed E-state index contributed by atoms with van der Waals surface area (Å²) in [7, 11) is 0. The van der Waals surface area contributed by atoms with Crippen LogP contribution in [0.1, 0.15) is 12.8 Å². The lowest BCUT2D eigenvalue weighted by molar-refractivity contribution is -0.298. The molecule has 2 heteroatoms. The molecule has 1 rings (SSSR count). The first-order valence-electron chi connectivity index (χ1n) is 2.79. The molecule has 0 aromatic rings. The molecule has 2 nitrogen and oxygen atoms in total. The van der Waals surface area contributed by atoms with E-state index in [9.17, 15) is 0 Å². The molecule has 0 aromatic heterocycles. The van der Waals surface area contributed by atoms with Gasteiger partial charge in [-0.05, 0) is 18.9 Å². The van der Waals surface area contributed by atoms with Gasteiger partial charge in [-0.25, -0.2) is 0 Å². The van der Waals surface area contributed by atoms with E-state index in [-0.39, 0.29) is 0 Å². The molecule has 0 amide bonds. The fourth-order valence-corrected chi connectivity index (χ4v) is 0.745. The molecule has 0 bridgehead atoms. The Kier molecular flexibility index (Phi) is 1.35. The lowest BCUT2D eigenvalue weighted by Crippen LogP contribution is -2.50. The van der Waals surface area contributed by atoms with E-state index in [1.165, 1.54) is 0 Å². The highest BCUT2D eigenvalue weighted by Crippen LogP contribution is 2.06. The SMILES string of the molecule is NC1=CCCC=C1[NH3+]. The van der Waals surface area contributed by atoms with Crippen LogP contribution in [0.4, 0.5) is 0 Å². The maximum absolute atomic E-state index is 5.51. The van der Waals surface area contributed by atoms with Crippen LogP contribution in [0.25, 0.3) is 0 Å². The molecule has 1 aliphatic carbocycles. The third-order valence-corrected chi connectivity index (χ3v) is 1.29. The number of quaternary nitrogens is 1. The van der Waals surface area contributed by atoms with Crippen LogP contribution in [0, 0.1) is 0 Å². The van der Waals surface area contributed by atoms with E-state index in [4.69, 9.17) is 5.73 Å². The van der Waals surface area contributed by atoms with Crippen LogP contribution in [0.2, 0.25) is 0 Å². The predicted molar refractivity (Wildman–Crippen MR) is 32.5 cm³/mol. The smallest absolute Gasteiger partial charge is 0.146 e. The largest absolute Gasteiger partial charge is 0.394 e. The van der Waals surface area contributed by atoms with Crippen molar-refractivity contribution >= 4 is 0 Å². The van der Waals surface area contributed by atoms with Gasteiger partial charge >= 0.3 is 0 Å². The molecule has 5 N–H and O–H groups in total. The highest BCUT2D eigenvalue weighted by molar-refractivity contribution is 5.23. The Hall–Kier alpha value is -0.760. The van der Waals surface area contributed by atoms with Gasteiger partial charge in [-0.1, -0.05) is 6.08 Å². The molecule has 0 saturated heterocycles. The quantitative estimate of drug-likeness (QED) is 0.445. The van der Waals surface area contributed by atoms with Crippen molar-refractivity contribution in [3.8, 4) is 0 Å². The van der Waals surface area contributed by atoms with Crippen molar-refractivity contribution in [3.05, 3.63) is 23.5 Å². The zero-order valence-corrected chi connectivity index (χ0v) is 4.85. The number of rotatable bonds is 0. The Balaban J connectivity index is 2.73. The van der Waals surface area contributed by atoms with Crippen molar-refractivity contribution in [2.24, 2.45) is 5.73 Å². The fraction of sp³-hybridized carbons (Fsp3) is 0.333. The van der Waals surface area contributed by atoms with Gasteiger partial charge in [0.1, 0.15) is 5.70 Å². The minimum absolute atomic E-state index is 0.844. The van der Waals surface area contributed by atoms with Crippen molar-refractivity contribution < 1.29 is 5.73 Å². The third-order valence-electron chi connectivity index (χ3n) is 1.29. The monoisotopic (exact) mass is 111 g/mol.